The third-order valence-electron chi connectivity index (χ3n) is 3.02. The summed E-state index contributed by atoms with van der Waals surface area (Å²) in [6.45, 7) is 4.25. The van der Waals surface area contributed by atoms with Gasteiger partial charge in [-0.3, -0.25) is 4.79 Å². The number of carbonyl (C=O) groups is 1. The van der Waals surface area contributed by atoms with Gasteiger partial charge in [0.1, 0.15) is 0 Å². The highest BCUT2D eigenvalue weighted by Crippen LogP contribution is 2.29. The van der Waals surface area contributed by atoms with Crippen LogP contribution in [0.5, 0.6) is 0 Å². The molecule has 1 aliphatic heterocycles. The lowest BCUT2D eigenvalue weighted by Gasteiger charge is -2.24. The number of sulfonamides is 1. The van der Waals surface area contributed by atoms with Gasteiger partial charge in [-0.05, 0) is 6.92 Å². The third-order valence-corrected chi connectivity index (χ3v) is 5.85. The van der Waals surface area contributed by atoms with Gasteiger partial charge in [-0.25, -0.2) is 13.4 Å². The van der Waals surface area contributed by atoms with E-state index < -0.39 is 10.0 Å². The molecule has 0 radical (unpaired) electrons. The van der Waals surface area contributed by atoms with E-state index in [1.165, 1.54) is 15.6 Å². The summed E-state index contributed by atoms with van der Waals surface area (Å²) in [4.78, 5) is 16.6. The lowest BCUT2D eigenvalue weighted by atomic mass is 10.2. The van der Waals surface area contributed by atoms with Crippen LogP contribution in [0.2, 0.25) is 0 Å². The first kappa shape index (κ1) is 14.4. The van der Waals surface area contributed by atoms with Crippen LogP contribution in [-0.2, 0) is 27.8 Å². The third kappa shape index (κ3) is 3.13. The summed E-state index contributed by atoms with van der Waals surface area (Å²) in [5.41, 5.74) is 0.902. The highest BCUT2D eigenvalue weighted by Gasteiger charge is 2.27. The molecule has 106 valence electrons. The van der Waals surface area contributed by atoms with Crippen molar-refractivity contribution in [3.63, 3.8) is 0 Å². The molecule has 1 aromatic rings. The predicted octanol–water partition coefficient (Wildman–Crippen LogP) is 1.20. The van der Waals surface area contributed by atoms with Gasteiger partial charge in [0, 0.05) is 30.8 Å². The molecule has 0 aliphatic carbocycles. The molecule has 0 atom stereocenters. The molecule has 2 rings (SSSR count). The van der Waals surface area contributed by atoms with Crippen LogP contribution in [-0.4, -0.2) is 35.9 Å². The van der Waals surface area contributed by atoms with Gasteiger partial charge in [0.2, 0.25) is 15.9 Å². The quantitative estimate of drug-likeness (QED) is 0.906. The van der Waals surface area contributed by atoms with E-state index in [9.17, 15) is 13.2 Å². The number of anilines is 1. The molecule has 1 amide bonds. The number of hydrogen-bond acceptors (Lipinski definition) is 5. The fourth-order valence-electron chi connectivity index (χ4n) is 1.85. The lowest BCUT2D eigenvalue weighted by molar-refractivity contribution is -0.115. The van der Waals surface area contributed by atoms with Crippen molar-refractivity contribution in [3.8, 4) is 0 Å². The van der Waals surface area contributed by atoms with Gasteiger partial charge < -0.3 is 5.32 Å². The van der Waals surface area contributed by atoms with Crippen molar-refractivity contribution in [2.45, 2.75) is 33.2 Å². The minimum absolute atomic E-state index is 0.0795. The Kier molecular flexibility index (Phi) is 4.22. The monoisotopic (exact) mass is 303 g/mol. The fourth-order valence-corrected chi connectivity index (χ4v) is 4.04. The van der Waals surface area contributed by atoms with Gasteiger partial charge in [0.25, 0.3) is 0 Å². The van der Waals surface area contributed by atoms with Crippen molar-refractivity contribution in [1.82, 2.24) is 9.29 Å². The molecule has 0 fully saturated rings. The zero-order valence-electron chi connectivity index (χ0n) is 11.0. The molecule has 19 heavy (non-hydrogen) atoms. The lowest BCUT2D eigenvalue weighted by Crippen LogP contribution is -2.36. The summed E-state index contributed by atoms with van der Waals surface area (Å²) in [7, 11) is -3.16. The number of carbonyl (C=O) groups excluding carboxylic acids is 1. The molecule has 2 heterocycles. The number of fused-ring (bicyclic) bond motifs is 1. The standard InChI is InChI=1S/C11H17N3O3S2/c1-3-10(15)13-11-12-8-5-6-14(7-9(8)18-11)19(16,17)4-2/h3-7H2,1-2H3,(H,12,13,15). The second-order valence-electron chi connectivity index (χ2n) is 4.27. The Morgan fingerprint density at radius 1 is 1.47 bits per heavy atom. The van der Waals surface area contributed by atoms with Crippen LogP contribution in [0.15, 0.2) is 0 Å². The van der Waals surface area contributed by atoms with E-state index in [0.29, 0.717) is 31.1 Å². The molecule has 0 spiro atoms. The van der Waals surface area contributed by atoms with Crippen LogP contribution < -0.4 is 5.32 Å². The number of nitrogens with one attached hydrogen (secondary N) is 1. The van der Waals surface area contributed by atoms with Gasteiger partial charge in [0.15, 0.2) is 5.13 Å². The van der Waals surface area contributed by atoms with Crippen molar-refractivity contribution < 1.29 is 13.2 Å². The number of amides is 1. The largest absolute Gasteiger partial charge is 0.302 e. The maximum Gasteiger partial charge on any atom is 0.225 e. The highest BCUT2D eigenvalue weighted by molar-refractivity contribution is 7.89. The molecule has 0 aromatic carbocycles. The van der Waals surface area contributed by atoms with Crippen molar-refractivity contribution in [1.29, 1.82) is 0 Å². The molecule has 6 nitrogen and oxygen atoms in total. The van der Waals surface area contributed by atoms with Crippen LogP contribution in [0.3, 0.4) is 0 Å². The maximum absolute atomic E-state index is 11.8. The topological polar surface area (TPSA) is 79.4 Å². The van der Waals surface area contributed by atoms with Crippen LogP contribution in [0.4, 0.5) is 5.13 Å². The summed E-state index contributed by atoms with van der Waals surface area (Å²) >= 11 is 1.36. The summed E-state index contributed by atoms with van der Waals surface area (Å²) in [5.74, 6) is 0.0322. The second kappa shape index (κ2) is 5.56. The number of aromatic nitrogens is 1. The average molecular weight is 303 g/mol. The zero-order valence-corrected chi connectivity index (χ0v) is 12.6. The van der Waals surface area contributed by atoms with Gasteiger partial charge in [-0.1, -0.05) is 6.92 Å². The number of thiazole rings is 1. The Labute approximate surface area is 116 Å². The van der Waals surface area contributed by atoms with E-state index in [1.807, 2.05) is 0 Å². The first-order chi connectivity index (χ1) is 8.96. The smallest absolute Gasteiger partial charge is 0.225 e. The van der Waals surface area contributed by atoms with Crippen molar-refractivity contribution >= 4 is 32.4 Å². The van der Waals surface area contributed by atoms with Crippen LogP contribution in [0, 0.1) is 0 Å². The molecule has 1 aromatic heterocycles. The van der Waals surface area contributed by atoms with Crippen LogP contribution in [0.1, 0.15) is 30.8 Å². The SMILES string of the molecule is CCC(=O)Nc1nc2c(s1)CN(S(=O)(=O)CC)CC2. The highest BCUT2D eigenvalue weighted by atomic mass is 32.2. The average Bonchev–Trinajstić information content (AvgIpc) is 2.79. The van der Waals surface area contributed by atoms with Crippen LogP contribution in [0.25, 0.3) is 0 Å². The Hall–Kier alpha value is -0.990. The van der Waals surface area contributed by atoms with Gasteiger partial charge in [-0.2, -0.15) is 4.31 Å². The Morgan fingerprint density at radius 3 is 2.84 bits per heavy atom. The summed E-state index contributed by atoms with van der Waals surface area (Å²) in [6, 6.07) is 0. The zero-order chi connectivity index (χ0) is 14.0. The normalized spacial score (nSPS) is 16.1. The first-order valence-corrected chi connectivity index (χ1v) is 8.65. The molecular weight excluding hydrogens is 286 g/mol. The fraction of sp³-hybridized carbons (Fsp3) is 0.636. The maximum atomic E-state index is 11.8. The number of rotatable bonds is 4. The number of nitrogens with zero attached hydrogens (tertiary/aromatic N) is 2. The molecule has 0 saturated carbocycles. The van der Waals surface area contributed by atoms with Crippen molar-refractivity contribution in [3.05, 3.63) is 10.6 Å². The van der Waals surface area contributed by atoms with Crippen molar-refractivity contribution in [2.75, 3.05) is 17.6 Å². The van der Waals surface area contributed by atoms with E-state index in [4.69, 9.17) is 0 Å². The first-order valence-electron chi connectivity index (χ1n) is 6.22. The van der Waals surface area contributed by atoms with E-state index in [-0.39, 0.29) is 11.7 Å². The molecule has 0 saturated heterocycles. The van der Waals surface area contributed by atoms with E-state index in [1.54, 1.807) is 13.8 Å². The van der Waals surface area contributed by atoms with Crippen molar-refractivity contribution in [2.24, 2.45) is 0 Å². The predicted molar refractivity (Wildman–Crippen MR) is 74.6 cm³/mol. The van der Waals surface area contributed by atoms with Gasteiger partial charge in [-0.15, -0.1) is 11.3 Å². The van der Waals surface area contributed by atoms with E-state index in [2.05, 4.69) is 10.3 Å². The molecule has 1 N–H and O–H groups in total. The Bertz CT molecular complexity index is 580. The molecule has 8 heteroatoms. The molecule has 1 aliphatic rings. The summed E-state index contributed by atoms with van der Waals surface area (Å²) in [5, 5.41) is 3.28. The Morgan fingerprint density at radius 2 is 2.21 bits per heavy atom. The number of hydrogen-bond donors (Lipinski definition) is 1. The summed E-state index contributed by atoms with van der Waals surface area (Å²) in [6.07, 6.45) is 1.01. The molecular formula is C11H17N3O3S2. The summed E-state index contributed by atoms with van der Waals surface area (Å²) < 4.78 is 25.2. The minimum atomic E-state index is -3.16. The molecule has 0 bridgehead atoms. The minimum Gasteiger partial charge on any atom is -0.302 e. The van der Waals surface area contributed by atoms with E-state index >= 15 is 0 Å². The second-order valence-corrected chi connectivity index (χ2v) is 7.62. The van der Waals surface area contributed by atoms with E-state index in [0.717, 1.165) is 10.6 Å². The Balaban J connectivity index is 2.15. The van der Waals surface area contributed by atoms with Crippen LogP contribution >= 0.6 is 11.3 Å². The van der Waals surface area contributed by atoms with Gasteiger partial charge in [0.05, 0.1) is 11.4 Å². The molecule has 0 unspecified atom stereocenters. The van der Waals surface area contributed by atoms with Gasteiger partial charge >= 0.3 is 0 Å².